The summed E-state index contributed by atoms with van der Waals surface area (Å²) in [5.41, 5.74) is 8.23. The molecule has 1 atom stereocenters. The second-order valence-electron chi connectivity index (χ2n) is 4.20. The zero-order valence-electron chi connectivity index (χ0n) is 9.81. The second-order valence-corrected chi connectivity index (χ2v) is 6.49. The van der Waals surface area contributed by atoms with Gasteiger partial charge in [0.15, 0.2) is 0 Å². The molecule has 5 heteroatoms. The average molecular weight is 309 g/mol. The highest BCUT2D eigenvalue weighted by molar-refractivity contribution is 7.20. The topological polar surface area (TPSA) is 38.9 Å². The molecule has 19 heavy (non-hydrogen) atoms. The fraction of sp³-hybridized carbons (Fsp3) is 0.0714. The molecule has 0 saturated carbocycles. The van der Waals surface area contributed by atoms with Gasteiger partial charge < -0.3 is 5.73 Å². The van der Waals surface area contributed by atoms with Crippen molar-refractivity contribution in [2.45, 2.75) is 6.04 Å². The molecule has 0 fully saturated rings. The van der Waals surface area contributed by atoms with Crippen molar-refractivity contribution in [1.29, 1.82) is 0 Å². The van der Waals surface area contributed by atoms with E-state index in [1.165, 1.54) is 11.3 Å². The standard InChI is InChI=1S/C14H10Cl2N2S/c15-12-6-11(14(16)19-12)13(17)10-3-1-2-8-7-18-5-4-9(8)10/h1-7,13H,17H2. The summed E-state index contributed by atoms with van der Waals surface area (Å²) in [6.07, 6.45) is 3.59. The van der Waals surface area contributed by atoms with Crippen molar-refractivity contribution in [3.63, 3.8) is 0 Å². The number of pyridine rings is 1. The Bertz CT molecular complexity index is 734. The first-order valence-electron chi connectivity index (χ1n) is 5.70. The van der Waals surface area contributed by atoms with Crippen LogP contribution in [0.2, 0.25) is 8.67 Å². The van der Waals surface area contributed by atoms with Gasteiger partial charge in [0.05, 0.1) is 14.7 Å². The summed E-state index contributed by atoms with van der Waals surface area (Å²) in [6.45, 7) is 0. The molecule has 0 radical (unpaired) electrons. The maximum absolute atomic E-state index is 6.34. The quantitative estimate of drug-likeness (QED) is 0.748. The number of hydrogen-bond acceptors (Lipinski definition) is 3. The molecule has 0 spiro atoms. The van der Waals surface area contributed by atoms with E-state index in [9.17, 15) is 0 Å². The molecule has 0 aliphatic carbocycles. The molecule has 0 saturated heterocycles. The predicted octanol–water partition coefficient (Wildman–Crippen LogP) is 4.65. The summed E-state index contributed by atoms with van der Waals surface area (Å²) in [7, 11) is 0. The van der Waals surface area contributed by atoms with Gasteiger partial charge in [0, 0.05) is 23.3 Å². The van der Waals surface area contributed by atoms with E-state index in [1.54, 1.807) is 6.20 Å². The summed E-state index contributed by atoms with van der Waals surface area (Å²) in [6, 6.07) is 9.50. The Labute approximate surface area is 124 Å². The Balaban J connectivity index is 2.16. The molecule has 1 unspecified atom stereocenters. The number of benzene rings is 1. The van der Waals surface area contributed by atoms with Gasteiger partial charge in [-0.05, 0) is 23.1 Å². The number of halogens is 2. The third-order valence-electron chi connectivity index (χ3n) is 3.07. The molecule has 96 valence electrons. The minimum atomic E-state index is -0.289. The lowest BCUT2D eigenvalue weighted by molar-refractivity contribution is 0.886. The Morgan fingerprint density at radius 2 is 2.00 bits per heavy atom. The van der Waals surface area contributed by atoms with E-state index in [4.69, 9.17) is 28.9 Å². The van der Waals surface area contributed by atoms with Crippen LogP contribution in [0.15, 0.2) is 42.7 Å². The smallest absolute Gasteiger partial charge is 0.0995 e. The van der Waals surface area contributed by atoms with Crippen LogP contribution in [0.5, 0.6) is 0 Å². The van der Waals surface area contributed by atoms with Crippen LogP contribution in [0.4, 0.5) is 0 Å². The minimum absolute atomic E-state index is 0.289. The van der Waals surface area contributed by atoms with Crippen molar-refractivity contribution >= 4 is 45.3 Å². The molecule has 2 nitrogen and oxygen atoms in total. The van der Waals surface area contributed by atoms with Crippen molar-refractivity contribution in [3.8, 4) is 0 Å². The van der Waals surface area contributed by atoms with Crippen molar-refractivity contribution in [3.05, 3.63) is 62.5 Å². The van der Waals surface area contributed by atoms with E-state index in [0.29, 0.717) is 8.67 Å². The molecule has 3 aromatic rings. The molecule has 2 N–H and O–H groups in total. The van der Waals surface area contributed by atoms with E-state index in [0.717, 1.165) is 21.9 Å². The van der Waals surface area contributed by atoms with Gasteiger partial charge in [-0.2, -0.15) is 0 Å². The van der Waals surface area contributed by atoms with Gasteiger partial charge in [-0.1, -0.05) is 41.4 Å². The zero-order valence-corrected chi connectivity index (χ0v) is 12.1. The van der Waals surface area contributed by atoms with Crippen LogP contribution < -0.4 is 5.73 Å². The molecule has 0 bridgehead atoms. The van der Waals surface area contributed by atoms with E-state index >= 15 is 0 Å². The number of fused-ring (bicyclic) bond motifs is 1. The first-order valence-corrected chi connectivity index (χ1v) is 7.27. The molecule has 0 aliphatic rings. The summed E-state index contributed by atoms with van der Waals surface area (Å²) < 4.78 is 1.29. The highest BCUT2D eigenvalue weighted by Crippen LogP contribution is 2.37. The number of aromatic nitrogens is 1. The molecule has 2 aromatic heterocycles. The molecule has 2 heterocycles. The van der Waals surface area contributed by atoms with E-state index in [1.807, 2.05) is 36.5 Å². The van der Waals surface area contributed by atoms with Crippen molar-refractivity contribution < 1.29 is 0 Å². The van der Waals surface area contributed by atoms with E-state index < -0.39 is 0 Å². The highest BCUT2D eigenvalue weighted by Gasteiger charge is 2.17. The van der Waals surface area contributed by atoms with Crippen LogP contribution in [0.1, 0.15) is 17.2 Å². The number of thiophene rings is 1. The normalized spacial score (nSPS) is 12.8. The zero-order chi connectivity index (χ0) is 13.4. The maximum Gasteiger partial charge on any atom is 0.0995 e. The Morgan fingerprint density at radius 1 is 1.16 bits per heavy atom. The lowest BCUT2D eigenvalue weighted by Crippen LogP contribution is -2.11. The summed E-state index contributed by atoms with van der Waals surface area (Å²) >= 11 is 13.5. The Hall–Kier alpha value is -1.13. The Morgan fingerprint density at radius 3 is 2.74 bits per heavy atom. The molecular formula is C14H10Cl2N2S. The summed E-state index contributed by atoms with van der Waals surface area (Å²) in [5.74, 6) is 0. The summed E-state index contributed by atoms with van der Waals surface area (Å²) in [4.78, 5) is 4.12. The van der Waals surface area contributed by atoms with Crippen molar-refractivity contribution in [2.24, 2.45) is 5.73 Å². The fourth-order valence-electron chi connectivity index (χ4n) is 2.15. The SMILES string of the molecule is NC(c1cc(Cl)sc1Cl)c1cccc2cnccc12. The average Bonchev–Trinajstić information content (AvgIpc) is 2.76. The number of nitrogens with zero attached hydrogens (tertiary/aromatic N) is 1. The van der Waals surface area contributed by atoms with Crippen LogP contribution in [-0.2, 0) is 0 Å². The lowest BCUT2D eigenvalue weighted by Gasteiger charge is -2.14. The van der Waals surface area contributed by atoms with Gasteiger partial charge in [-0.15, -0.1) is 11.3 Å². The maximum atomic E-state index is 6.34. The van der Waals surface area contributed by atoms with Crippen molar-refractivity contribution in [2.75, 3.05) is 0 Å². The number of nitrogens with two attached hydrogens (primary N) is 1. The van der Waals surface area contributed by atoms with Gasteiger partial charge in [0.25, 0.3) is 0 Å². The fourth-order valence-corrected chi connectivity index (χ4v) is 3.70. The first-order chi connectivity index (χ1) is 9.16. The second kappa shape index (κ2) is 5.10. The van der Waals surface area contributed by atoms with Gasteiger partial charge in [-0.3, -0.25) is 4.98 Å². The third-order valence-corrected chi connectivity index (χ3v) is 4.59. The van der Waals surface area contributed by atoms with Crippen LogP contribution >= 0.6 is 34.5 Å². The van der Waals surface area contributed by atoms with Crippen molar-refractivity contribution in [1.82, 2.24) is 4.98 Å². The Kier molecular flexibility index (Phi) is 3.46. The van der Waals surface area contributed by atoms with E-state index in [2.05, 4.69) is 4.98 Å². The molecule has 1 aromatic carbocycles. The molecule has 3 rings (SSSR count). The highest BCUT2D eigenvalue weighted by atomic mass is 35.5. The van der Waals surface area contributed by atoms with Gasteiger partial charge >= 0.3 is 0 Å². The van der Waals surface area contributed by atoms with E-state index in [-0.39, 0.29) is 6.04 Å². The number of rotatable bonds is 2. The lowest BCUT2D eigenvalue weighted by atomic mass is 9.97. The van der Waals surface area contributed by atoms with Crippen LogP contribution in [0.25, 0.3) is 10.8 Å². The first kappa shape index (κ1) is 12.9. The molecular weight excluding hydrogens is 299 g/mol. The van der Waals surface area contributed by atoms with Gasteiger partial charge in [0.1, 0.15) is 0 Å². The third kappa shape index (κ3) is 2.35. The monoisotopic (exact) mass is 308 g/mol. The molecule has 0 amide bonds. The van der Waals surface area contributed by atoms with Gasteiger partial charge in [0.2, 0.25) is 0 Å². The minimum Gasteiger partial charge on any atom is -0.320 e. The molecule has 0 aliphatic heterocycles. The summed E-state index contributed by atoms with van der Waals surface area (Å²) in [5, 5.41) is 2.15. The van der Waals surface area contributed by atoms with Crippen LogP contribution in [0.3, 0.4) is 0 Å². The largest absolute Gasteiger partial charge is 0.320 e. The van der Waals surface area contributed by atoms with Crippen LogP contribution in [0, 0.1) is 0 Å². The van der Waals surface area contributed by atoms with Gasteiger partial charge in [-0.25, -0.2) is 0 Å². The number of hydrogen-bond donors (Lipinski definition) is 1. The predicted molar refractivity (Wildman–Crippen MR) is 82.1 cm³/mol. The van der Waals surface area contributed by atoms with Crippen LogP contribution in [-0.4, -0.2) is 4.98 Å².